The number of hydrogen-bond acceptors (Lipinski definition) is 5. The van der Waals surface area contributed by atoms with Crippen molar-refractivity contribution in [1.82, 2.24) is 0 Å². The number of thiophene rings is 1. The Morgan fingerprint density at radius 1 is 1.16 bits per heavy atom. The molecule has 0 saturated heterocycles. The van der Waals surface area contributed by atoms with Crippen molar-refractivity contribution in [1.29, 1.82) is 0 Å². The van der Waals surface area contributed by atoms with Gasteiger partial charge in [0.15, 0.2) is 6.29 Å². The quantitative estimate of drug-likeness (QED) is 0.404. The number of carbonyl (C=O) groups excluding carboxylic acids is 1. The van der Waals surface area contributed by atoms with Gasteiger partial charge in [-0.2, -0.15) is 0 Å². The summed E-state index contributed by atoms with van der Waals surface area (Å²) in [7, 11) is 1.65. The largest absolute Gasteiger partial charge is 0.497 e. The minimum Gasteiger partial charge on any atom is -0.497 e. The number of nitrogens with two attached hydrogens (primary N) is 1. The van der Waals surface area contributed by atoms with Crippen LogP contribution in [0.1, 0.15) is 10.4 Å². The van der Waals surface area contributed by atoms with Gasteiger partial charge in [-0.1, -0.05) is 12.1 Å². The predicted octanol–water partition coefficient (Wildman–Crippen LogP) is 5.23. The van der Waals surface area contributed by atoms with Crippen molar-refractivity contribution in [3.63, 3.8) is 0 Å². The summed E-state index contributed by atoms with van der Waals surface area (Å²) in [5.41, 5.74) is 10.4. The number of anilines is 1. The molecule has 124 valence electrons. The van der Waals surface area contributed by atoms with Crippen molar-refractivity contribution >= 4 is 33.4 Å². The van der Waals surface area contributed by atoms with Crippen molar-refractivity contribution in [2.45, 2.75) is 0 Å². The minimum absolute atomic E-state index is 0.530. The van der Waals surface area contributed by atoms with Crippen LogP contribution in [0.2, 0.25) is 0 Å². The molecular weight excluding hydrogens is 334 g/mol. The number of furan rings is 1. The number of benzene rings is 2. The van der Waals surface area contributed by atoms with Crippen molar-refractivity contribution in [2.75, 3.05) is 12.8 Å². The zero-order valence-corrected chi connectivity index (χ0v) is 14.3. The second-order valence-corrected chi connectivity index (χ2v) is 6.49. The van der Waals surface area contributed by atoms with E-state index in [0.717, 1.165) is 38.8 Å². The van der Waals surface area contributed by atoms with Crippen LogP contribution in [0.25, 0.3) is 32.5 Å². The highest BCUT2D eigenvalue weighted by atomic mass is 32.1. The number of rotatable bonds is 4. The van der Waals surface area contributed by atoms with Gasteiger partial charge in [0.25, 0.3) is 0 Å². The maximum Gasteiger partial charge on any atom is 0.153 e. The Morgan fingerprint density at radius 3 is 2.84 bits per heavy atom. The Hall–Kier alpha value is -3.05. The monoisotopic (exact) mass is 349 g/mol. The maximum absolute atomic E-state index is 11.3. The SMILES string of the molecule is COc1cccc(-c2csc3c(-c4occc4C=O)ccc(N)c23)c1. The smallest absolute Gasteiger partial charge is 0.153 e. The Morgan fingerprint density at radius 2 is 2.04 bits per heavy atom. The molecule has 4 aromatic rings. The van der Waals surface area contributed by atoms with Crippen molar-refractivity contribution in [2.24, 2.45) is 0 Å². The Labute approximate surface area is 148 Å². The van der Waals surface area contributed by atoms with E-state index in [0.29, 0.717) is 17.0 Å². The highest BCUT2D eigenvalue weighted by molar-refractivity contribution is 7.18. The fraction of sp³-hybridized carbons (Fsp3) is 0.0500. The third-order valence-electron chi connectivity index (χ3n) is 4.20. The molecule has 2 aromatic carbocycles. The molecule has 0 aliphatic carbocycles. The maximum atomic E-state index is 11.3. The molecule has 25 heavy (non-hydrogen) atoms. The Balaban J connectivity index is 1.97. The number of ether oxygens (including phenoxy) is 1. The van der Waals surface area contributed by atoms with E-state index in [2.05, 4.69) is 5.38 Å². The van der Waals surface area contributed by atoms with Crippen LogP contribution in [0.3, 0.4) is 0 Å². The Kier molecular flexibility index (Phi) is 3.78. The van der Waals surface area contributed by atoms with Crippen LogP contribution in [-0.2, 0) is 0 Å². The third kappa shape index (κ3) is 2.49. The molecule has 4 nitrogen and oxygen atoms in total. The molecule has 4 rings (SSSR count). The second-order valence-electron chi connectivity index (χ2n) is 5.61. The van der Waals surface area contributed by atoms with E-state index in [1.54, 1.807) is 24.5 Å². The average molecular weight is 349 g/mol. The van der Waals surface area contributed by atoms with Gasteiger partial charge in [-0.25, -0.2) is 0 Å². The van der Waals surface area contributed by atoms with E-state index in [1.165, 1.54) is 6.26 Å². The van der Waals surface area contributed by atoms with Crippen molar-refractivity contribution in [3.05, 3.63) is 59.7 Å². The van der Waals surface area contributed by atoms with Gasteiger partial charge >= 0.3 is 0 Å². The fourth-order valence-electron chi connectivity index (χ4n) is 2.99. The van der Waals surface area contributed by atoms with Crippen LogP contribution < -0.4 is 10.5 Å². The van der Waals surface area contributed by atoms with Crippen LogP contribution in [0.15, 0.2) is 58.5 Å². The van der Waals surface area contributed by atoms with E-state index in [9.17, 15) is 4.79 Å². The van der Waals surface area contributed by atoms with Gasteiger partial charge < -0.3 is 14.9 Å². The summed E-state index contributed by atoms with van der Waals surface area (Å²) in [6, 6.07) is 13.3. The number of methoxy groups -OCH3 is 1. The van der Waals surface area contributed by atoms with Crippen LogP contribution in [0.5, 0.6) is 5.75 Å². The van der Waals surface area contributed by atoms with Crippen molar-refractivity contribution < 1.29 is 13.9 Å². The average Bonchev–Trinajstić information content (AvgIpc) is 3.29. The van der Waals surface area contributed by atoms with Crippen LogP contribution in [0.4, 0.5) is 5.69 Å². The minimum atomic E-state index is 0.530. The molecule has 0 bridgehead atoms. The summed E-state index contributed by atoms with van der Waals surface area (Å²) < 4.78 is 11.9. The number of nitrogen functional groups attached to an aromatic ring is 1. The summed E-state index contributed by atoms with van der Waals surface area (Å²) in [5, 5.41) is 3.03. The normalized spacial score (nSPS) is 10.9. The molecule has 0 atom stereocenters. The van der Waals surface area contributed by atoms with E-state index in [-0.39, 0.29) is 0 Å². The summed E-state index contributed by atoms with van der Waals surface area (Å²) in [6.45, 7) is 0. The summed E-state index contributed by atoms with van der Waals surface area (Å²) in [4.78, 5) is 11.3. The first kappa shape index (κ1) is 15.5. The van der Waals surface area contributed by atoms with Gasteiger partial charge in [0.2, 0.25) is 0 Å². The number of hydrogen-bond donors (Lipinski definition) is 1. The summed E-state index contributed by atoms with van der Waals surface area (Å²) in [6.07, 6.45) is 2.33. The van der Waals surface area contributed by atoms with Crippen LogP contribution in [-0.4, -0.2) is 13.4 Å². The standard InChI is InChI=1S/C20H15NO3S/c1-23-14-4-2-3-12(9-14)16-11-25-20-15(5-6-17(21)18(16)20)19-13(10-22)7-8-24-19/h2-11H,21H2,1H3. The first-order chi connectivity index (χ1) is 12.2. The molecule has 5 heteroatoms. The highest BCUT2D eigenvalue weighted by Gasteiger charge is 2.17. The predicted molar refractivity (Wildman–Crippen MR) is 101 cm³/mol. The first-order valence-corrected chi connectivity index (χ1v) is 8.58. The van der Waals surface area contributed by atoms with Gasteiger partial charge in [0.1, 0.15) is 11.5 Å². The van der Waals surface area contributed by atoms with E-state index < -0.39 is 0 Å². The topological polar surface area (TPSA) is 65.5 Å². The highest BCUT2D eigenvalue weighted by Crippen LogP contribution is 2.43. The van der Waals surface area contributed by atoms with Gasteiger partial charge in [0.05, 0.1) is 18.9 Å². The van der Waals surface area contributed by atoms with Gasteiger partial charge in [-0.05, 0) is 41.3 Å². The molecule has 0 fully saturated rings. The lowest BCUT2D eigenvalue weighted by Crippen LogP contribution is -1.89. The zero-order chi connectivity index (χ0) is 17.4. The molecule has 2 N–H and O–H groups in total. The van der Waals surface area contributed by atoms with Gasteiger partial charge in [-0.3, -0.25) is 4.79 Å². The molecule has 0 saturated carbocycles. The lowest BCUT2D eigenvalue weighted by atomic mass is 10.00. The number of carbonyl (C=O) groups is 1. The number of fused-ring (bicyclic) bond motifs is 1. The molecule has 0 amide bonds. The molecule has 2 aromatic heterocycles. The molecular formula is C20H15NO3S. The van der Waals surface area contributed by atoms with Crippen LogP contribution >= 0.6 is 11.3 Å². The molecule has 2 heterocycles. The van der Waals surface area contributed by atoms with Gasteiger partial charge in [0, 0.05) is 26.9 Å². The van der Waals surface area contributed by atoms with Gasteiger partial charge in [-0.15, -0.1) is 11.3 Å². The summed E-state index contributed by atoms with van der Waals surface area (Å²) >= 11 is 1.58. The van der Waals surface area contributed by atoms with Crippen molar-refractivity contribution in [3.8, 4) is 28.2 Å². The van der Waals surface area contributed by atoms with E-state index in [4.69, 9.17) is 14.9 Å². The van der Waals surface area contributed by atoms with E-state index in [1.807, 2.05) is 36.4 Å². The molecule has 0 radical (unpaired) electrons. The summed E-state index contributed by atoms with van der Waals surface area (Å²) in [5.74, 6) is 1.36. The second kappa shape index (κ2) is 6.11. The Bertz CT molecular complexity index is 1080. The number of aldehydes is 1. The third-order valence-corrected chi connectivity index (χ3v) is 5.22. The first-order valence-electron chi connectivity index (χ1n) is 7.70. The lowest BCUT2D eigenvalue weighted by molar-refractivity contribution is 0.112. The fourth-order valence-corrected chi connectivity index (χ4v) is 4.11. The van der Waals surface area contributed by atoms with E-state index >= 15 is 0 Å². The molecule has 0 aliphatic heterocycles. The molecule has 0 spiro atoms. The lowest BCUT2D eigenvalue weighted by Gasteiger charge is -2.07. The molecule has 0 unspecified atom stereocenters. The molecule has 0 aliphatic rings. The zero-order valence-electron chi connectivity index (χ0n) is 13.5. The van der Waals surface area contributed by atoms with Crippen LogP contribution in [0, 0.1) is 0 Å².